The second kappa shape index (κ2) is 7.24. The second-order valence-corrected chi connectivity index (χ2v) is 1.84. The predicted octanol–water partition coefficient (Wildman–Crippen LogP) is 0.175. The van der Waals surface area contributed by atoms with Gasteiger partial charge in [-0.3, -0.25) is 14.4 Å². The summed E-state index contributed by atoms with van der Waals surface area (Å²) in [4.78, 5) is 28.3. The van der Waals surface area contributed by atoms with E-state index in [1.165, 1.54) is 0 Å². The summed E-state index contributed by atoms with van der Waals surface area (Å²) < 4.78 is 0. The third-order valence-electron chi connectivity index (χ3n) is 0.356. The predicted molar refractivity (Wildman–Crippen MR) is 41.1 cm³/mol. The third kappa shape index (κ3) is 17.6. The van der Waals surface area contributed by atoms with Crippen molar-refractivity contribution in [1.82, 2.24) is 0 Å². The average molecular weight is 198 g/mol. The van der Waals surface area contributed by atoms with E-state index >= 15 is 0 Å². The number of hydrogen-bond donors (Lipinski definition) is 1. The SMILES string of the molecule is C=CC(N)=O.O=C(Cl)C(=O)Cl. The van der Waals surface area contributed by atoms with Gasteiger partial charge in [0.05, 0.1) is 0 Å². The molecule has 0 aliphatic rings. The van der Waals surface area contributed by atoms with E-state index in [0.29, 0.717) is 0 Å². The van der Waals surface area contributed by atoms with Gasteiger partial charge in [-0.2, -0.15) is 0 Å². The number of primary amides is 1. The fraction of sp³-hybridized carbons (Fsp3) is 0. The first-order chi connectivity index (χ1) is 4.91. The van der Waals surface area contributed by atoms with Crippen molar-refractivity contribution >= 4 is 39.6 Å². The van der Waals surface area contributed by atoms with Crippen LogP contribution >= 0.6 is 23.2 Å². The van der Waals surface area contributed by atoms with Gasteiger partial charge in [-0.1, -0.05) is 6.58 Å². The number of carbonyl (C=O) groups is 3. The highest BCUT2D eigenvalue weighted by molar-refractivity contribution is 6.97. The smallest absolute Gasteiger partial charge is 0.304 e. The van der Waals surface area contributed by atoms with Crippen molar-refractivity contribution in [2.75, 3.05) is 0 Å². The second-order valence-electron chi connectivity index (χ2n) is 1.15. The van der Waals surface area contributed by atoms with Crippen LogP contribution in [-0.4, -0.2) is 16.4 Å². The maximum absolute atomic E-state index is 9.47. The van der Waals surface area contributed by atoms with Crippen LogP contribution in [0.4, 0.5) is 0 Å². The maximum atomic E-state index is 9.47. The molecule has 0 aromatic rings. The minimum absolute atomic E-state index is 0.481. The van der Waals surface area contributed by atoms with Gasteiger partial charge >= 0.3 is 10.5 Å². The Balaban J connectivity index is 0. The lowest BCUT2D eigenvalue weighted by Gasteiger charge is -1.67. The Morgan fingerprint density at radius 3 is 1.36 bits per heavy atom. The van der Waals surface area contributed by atoms with Gasteiger partial charge in [-0.25, -0.2) is 0 Å². The molecule has 0 bridgehead atoms. The summed E-state index contributed by atoms with van der Waals surface area (Å²) in [5, 5.41) is -2.28. The number of amides is 1. The highest BCUT2D eigenvalue weighted by Crippen LogP contribution is 1.84. The molecule has 0 saturated heterocycles. The molecule has 0 saturated carbocycles. The van der Waals surface area contributed by atoms with Gasteiger partial charge < -0.3 is 5.73 Å². The maximum Gasteiger partial charge on any atom is 0.304 e. The minimum atomic E-state index is -1.14. The first-order valence-electron chi connectivity index (χ1n) is 2.23. The Kier molecular flexibility index (Phi) is 8.41. The van der Waals surface area contributed by atoms with Crippen molar-refractivity contribution in [3.8, 4) is 0 Å². The first-order valence-corrected chi connectivity index (χ1v) is 2.98. The van der Waals surface area contributed by atoms with Crippen LogP contribution < -0.4 is 5.73 Å². The van der Waals surface area contributed by atoms with E-state index in [1.54, 1.807) is 0 Å². The summed E-state index contributed by atoms with van der Waals surface area (Å²) in [6.07, 6.45) is 1.06. The Morgan fingerprint density at radius 1 is 1.18 bits per heavy atom. The van der Waals surface area contributed by atoms with Gasteiger partial charge in [-0.15, -0.1) is 0 Å². The molecule has 0 aromatic carbocycles. The molecular formula is C5H5Cl2NO3. The largest absolute Gasteiger partial charge is 0.366 e. The lowest BCUT2D eigenvalue weighted by Crippen LogP contribution is -2.04. The lowest BCUT2D eigenvalue weighted by molar-refractivity contribution is -0.127. The number of halogens is 2. The van der Waals surface area contributed by atoms with E-state index in [4.69, 9.17) is 0 Å². The van der Waals surface area contributed by atoms with E-state index in [2.05, 4.69) is 35.5 Å². The molecule has 11 heavy (non-hydrogen) atoms. The Bertz CT molecular complexity index is 178. The molecule has 2 N–H and O–H groups in total. The fourth-order valence-corrected chi connectivity index (χ4v) is 0. The van der Waals surface area contributed by atoms with Crippen LogP contribution in [0.5, 0.6) is 0 Å². The third-order valence-corrected chi connectivity index (χ3v) is 0.796. The van der Waals surface area contributed by atoms with E-state index in [0.717, 1.165) is 6.08 Å². The number of hydrogen-bond acceptors (Lipinski definition) is 3. The van der Waals surface area contributed by atoms with Crippen molar-refractivity contribution in [2.24, 2.45) is 5.73 Å². The zero-order valence-corrected chi connectivity index (χ0v) is 6.85. The highest BCUT2D eigenvalue weighted by Gasteiger charge is 2.01. The van der Waals surface area contributed by atoms with Crippen molar-refractivity contribution in [1.29, 1.82) is 0 Å². The lowest BCUT2D eigenvalue weighted by atomic mass is 10.6. The van der Waals surface area contributed by atoms with Crippen LogP contribution in [-0.2, 0) is 14.4 Å². The van der Waals surface area contributed by atoms with E-state index in [9.17, 15) is 14.4 Å². The molecule has 0 aromatic heterocycles. The highest BCUT2D eigenvalue weighted by atomic mass is 35.5. The molecule has 1 amide bonds. The van der Waals surface area contributed by atoms with Gasteiger partial charge in [0.25, 0.3) is 0 Å². The molecule has 6 heteroatoms. The molecule has 0 radical (unpaired) electrons. The van der Waals surface area contributed by atoms with Crippen LogP contribution in [0.2, 0.25) is 0 Å². The molecule has 0 aliphatic carbocycles. The average Bonchev–Trinajstić information content (AvgIpc) is 1.89. The number of carbonyl (C=O) groups excluding carboxylic acids is 3. The van der Waals surface area contributed by atoms with Crippen molar-refractivity contribution in [2.45, 2.75) is 0 Å². The summed E-state index contributed by atoms with van der Waals surface area (Å²) in [5.74, 6) is -0.481. The van der Waals surface area contributed by atoms with Crippen molar-refractivity contribution in [3.63, 3.8) is 0 Å². The number of nitrogens with two attached hydrogens (primary N) is 1. The molecule has 0 fully saturated rings. The van der Waals surface area contributed by atoms with Crippen LogP contribution in [0.25, 0.3) is 0 Å². The topological polar surface area (TPSA) is 77.2 Å². The summed E-state index contributed by atoms with van der Waals surface area (Å²) in [5.41, 5.74) is 4.53. The van der Waals surface area contributed by atoms with Crippen LogP contribution in [0.3, 0.4) is 0 Å². The van der Waals surface area contributed by atoms with Crippen LogP contribution in [0, 0.1) is 0 Å². The normalized spacial score (nSPS) is 7.09. The molecule has 0 rings (SSSR count). The quantitative estimate of drug-likeness (QED) is 0.390. The summed E-state index contributed by atoms with van der Waals surface area (Å²) in [7, 11) is 0. The molecule has 0 unspecified atom stereocenters. The van der Waals surface area contributed by atoms with Gasteiger partial charge in [-0.05, 0) is 29.3 Å². The number of rotatable bonds is 2. The minimum Gasteiger partial charge on any atom is -0.366 e. The Labute approximate surface area is 72.9 Å². The standard InChI is InChI=1S/C3H5NO.C2Cl2O2/c1-2-3(4)5;3-1(5)2(4)6/h2H,1H2,(H2,4,5);. The monoisotopic (exact) mass is 197 g/mol. The zero-order valence-electron chi connectivity index (χ0n) is 5.34. The molecule has 0 atom stereocenters. The molecule has 4 nitrogen and oxygen atoms in total. The Hall–Kier alpha value is -0.870. The Morgan fingerprint density at radius 2 is 1.36 bits per heavy atom. The van der Waals surface area contributed by atoms with Gasteiger partial charge in [0.2, 0.25) is 5.91 Å². The van der Waals surface area contributed by atoms with Crippen molar-refractivity contribution in [3.05, 3.63) is 12.7 Å². The van der Waals surface area contributed by atoms with E-state index in [-0.39, 0.29) is 0 Å². The van der Waals surface area contributed by atoms with E-state index < -0.39 is 16.4 Å². The summed E-state index contributed by atoms with van der Waals surface area (Å²) >= 11 is 8.98. The van der Waals surface area contributed by atoms with E-state index in [1.807, 2.05) is 0 Å². The fourth-order valence-electron chi connectivity index (χ4n) is 0. The molecular weight excluding hydrogens is 193 g/mol. The van der Waals surface area contributed by atoms with Crippen LogP contribution in [0.15, 0.2) is 12.7 Å². The summed E-state index contributed by atoms with van der Waals surface area (Å²) in [6.45, 7) is 3.09. The van der Waals surface area contributed by atoms with Gasteiger partial charge in [0.1, 0.15) is 0 Å². The molecule has 0 heterocycles. The van der Waals surface area contributed by atoms with Crippen LogP contribution in [0.1, 0.15) is 0 Å². The van der Waals surface area contributed by atoms with Crippen molar-refractivity contribution < 1.29 is 14.4 Å². The molecule has 62 valence electrons. The van der Waals surface area contributed by atoms with Gasteiger partial charge in [0.15, 0.2) is 0 Å². The molecule has 0 aliphatic heterocycles. The van der Waals surface area contributed by atoms with Gasteiger partial charge in [0, 0.05) is 0 Å². The summed E-state index contributed by atoms with van der Waals surface area (Å²) in [6, 6.07) is 0. The molecule has 0 spiro atoms. The zero-order chi connectivity index (χ0) is 9.44. The first kappa shape index (κ1) is 12.8.